The third-order valence-electron chi connectivity index (χ3n) is 4.68. The first-order chi connectivity index (χ1) is 11.6. The maximum Gasteiger partial charge on any atom is 0.325 e. The van der Waals surface area contributed by atoms with E-state index in [-0.39, 0.29) is 30.8 Å². The second-order valence-corrected chi connectivity index (χ2v) is 6.38. The molecule has 1 saturated heterocycles. The molecule has 1 aliphatic heterocycles. The average molecular weight is 330 g/mol. The van der Waals surface area contributed by atoms with Crippen molar-refractivity contribution in [3.8, 4) is 0 Å². The van der Waals surface area contributed by atoms with Crippen molar-refractivity contribution in [2.45, 2.75) is 50.6 Å². The lowest BCUT2D eigenvalue weighted by atomic mass is 9.98. The van der Waals surface area contributed by atoms with Gasteiger partial charge in [-0.1, -0.05) is 18.9 Å². The Kier molecular flexibility index (Phi) is 4.78. The Hall–Kier alpha value is -2.44. The number of nitrogens with one attached hydrogen (secondary N) is 2. The van der Waals surface area contributed by atoms with Gasteiger partial charge in [0, 0.05) is 19.2 Å². The Morgan fingerprint density at radius 2 is 2.08 bits per heavy atom. The van der Waals surface area contributed by atoms with E-state index in [0.29, 0.717) is 13.0 Å². The monoisotopic (exact) mass is 330 g/mol. The van der Waals surface area contributed by atoms with Crippen molar-refractivity contribution in [2.75, 3.05) is 6.54 Å². The predicted molar refractivity (Wildman–Crippen MR) is 86.8 cm³/mol. The number of imide groups is 1. The number of rotatable bonds is 6. The third kappa shape index (κ3) is 3.39. The molecule has 0 atom stereocenters. The highest BCUT2D eigenvalue weighted by Crippen LogP contribution is 2.35. The Bertz CT molecular complexity index is 626. The molecule has 7 nitrogen and oxygen atoms in total. The molecule has 24 heavy (non-hydrogen) atoms. The van der Waals surface area contributed by atoms with Crippen molar-refractivity contribution in [3.63, 3.8) is 0 Å². The van der Waals surface area contributed by atoms with Gasteiger partial charge in [-0.15, -0.1) is 0 Å². The Labute approximate surface area is 140 Å². The van der Waals surface area contributed by atoms with Crippen LogP contribution in [0.2, 0.25) is 0 Å². The zero-order valence-electron chi connectivity index (χ0n) is 13.6. The van der Waals surface area contributed by atoms with Crippen LogP contribution in [0.1, 0.15) is 44.2 Å². The SMILES string of the molecule is O=C(CCCN1C(=O)NC2(CCCC2)C1=O)NCc1ccccn1. The van der Waals surface area contributed by atoms with Gasteiger partial charge in [-0.05, 0) is 31.4 Å². The first kappa shape index (κ1) is 16.4. The van der Waals surface area contributed by atoms with E-state index in [1.165, 1.54) is 4.90 Å². The number of aromatic nitrogens is 1. The molecule has 1 spiro atoms. The van der Waals surface area contributed by atoms with Gasteiger partial charge in [0.1, 0.15) is 5.54 Å². The maximum absolute atomic E-state index is 12.5. The van der Waals surface area contributed by atoms with E-state index in [4.69, 9.17) is 0 Å². The molecular weight excluding hydrogens is 308 g/mol. The number of hydrogen-bond acceptors (Lipinski definition) is 4. The minimum atomic E-state index is -0.668. The summed E-state index contributed by atoms with van der Waals surface area (Å²) in [7, 11) is 0. The molecule has 1 aromatic heterocycles. The molecule has 4 amide bonds. The quantitative estimate of drug-likeness (QED) is 0.770. The number of amides is 4. The normalized spacial score (nSPS) is 18.9. The lowest BCUT2D eigenvalue weighted by molar-refractivity contribution is -0.131. The van der Waals surface area contributed by atoms with Crippen LogP contribution >= 0.6 is 0 Å². The second-order valence-electron chi connectivity index (χ2n) is 6.38. The lowest BCUT2D eigenvalue weighted by Crippen LogP contribution is -2.44. The lowest BCUT2D eigenvalue weighted by Gasteiger charge is -2.19. The van der Waals surface area contributed by atoms with Crippen LogP contribution < -0.4 is 10.6 Å². The average Bonchev–Trinajstić information content (AvgIpc) is 3.14. The largest absolute Gasteiger partial charge is 0.350 e. The fourth-order valence-corrected chi connectivity index (χ4v) is 3.37. The van der Waals surface area contributed by atoms with Crippen molar-refractivity contribution in [1.29, 1.82) is 0 Å². The van der Waals surface area contributed by atoms with Gasteiger partial charge in [-0.2, -0.15) is 0 Å². The minimum absolute atomic E-state index is 0.108. The molecule has 0 radical (unpaired) electrons. The summed E-state index contributed by atoms with van der Waals surface area (Å²) in [6.45, 7) is 0.662. The molecule has 2 aliphatic rings. The molecule has 128 valence electrons. The van der Waals surface area contributed by atoms with Crippen LogP contribution in [0.3, 0.4) is 0 Å². The van der Waals surface area contributed by atoms with Crippen molar-refractivity contribution < 1.29 is 14.4 Å². The van der Waals surface area contributed by atoms with Crippen molar-refractivity contribution in [1.82, 2.24) is 20.5 Å². The summed E-state index contributed by atoms with van der Waals surface area (Å²) in [6.07, 6.45) is 5.79. The van der Waals surface area contributed by atoms with Crippen LogP contribution in [0.15, 0.2) is 24.4 Å². The van der Waals surface area contributed by atoms with E-state index in [1.54, 1.807) is 6.20 Å². The number of hydrogen-bond donors (Lipinski definition) is 2. The number of carbonyl (C=O) groups is 3. The zero-order chi connectivity index (χ0) is 17.0. The Balaban J connectivity index is 1.42. The summed E-state index contributed by atoms with van der Waals surface area (Å²) < 4.78 is 0. The maximum atomic E-state index is 12.5. The van der Waals surface area contributed by atoms with Gasteiger partial charge < -0.3 is 10.6 Å². The van der Waals surface area contributed by atoms with Gasteiger partial charge in [-0.25, -0.2) is 4.79 Å². The molecule has 3 rings (SSSR count). The van der Waals surface area contributed by atoms with Crippen molar-refractivity contribution in [2.24, 2.45) is 0 Å². The van der Waals surface area contributed by atoms with Crippen LogP contribution in [-0.4, -0.2) is 39.8 Å². The summed E-state index contributed by atoms with van der Waals surface area (Å²) in [5.41, 5.74) is 0.126. The summed E-state index contributed by atoms with van der Waals surface area (Å²) in [6, 6.07) is 5.20. The highest BCUT2D eigenvalue weighted by molar-refractivity contribution is 6.07. The summed E-state index contributed by atoms with van der Waals surface area (Å²) in [5, 5.41) is 5.63. The first-order valence-corrected chi connectivity index (χ1v) is 8.41. The Morgan fingerprint density at radius 1 is 1.29 bits per heavy atom. The van der Waals surface area contributed by atoms with E-state index in [2.05, 4.69) is 15.6 Å². The van der Waals surface area contributed by atoms with Gasteiger partial charge in [0.15, 0.2) is 0 Å². The van der Waals surface area contributed by atoms with Crippen LogP contribution in [-0.2, 0) is 16.1 Å². The van der Waals surface area contributed by atoms with Gasteiger partial charge in [0.25, 0.3) is 5.91 Å². The van der Waals surface area contributed by atoms with Gasteiger partial charge in [-0.3, -0.25) is 19.5 Å². The fourth-order valence-electron chi connectivity index (χ4n) is 3.37. The highest BCUT2D eigenvalue weighted by atomic mass is 16.2. The molecular formula is C17H22N4O3. The molecule has 0 unspecified atom stereocenters. The fraction of sp³-hybridized carbons (Fsp3) is 0.529. The van der Waals surface area contributed by atoms with Crippen LogP contribution in [0.4, 0.5) is 4.79 Å². The molecule has 7 heteroatoms. The standard InChI is InChI=1S/C17H22N4O3/c22-14(19-12-13-6-1-4-10-18-13)7-5-11-21-15(23)17(20-16(21)24)8-2-3-9-17/h1,4,6,10H,2-3,5,7-9,11-12H2,(H,19,22)(H,20,24). The molecule has 1 aliphatic carbocycles. The third-order valence-corrected chi connectivity index (χ3v) is 4.68. The van der Waals surface area contributed by atoms with Crippen molar-refractivity contribution >= 4 is 17.8 Å². The van der Waals surface area contributed by atoms with E-state index < -0.39 is 5.54 Å². The summed E-state index contributed by atoms with van der Waals surface area (Å²) in [5.74, 6) is -0.234. The van der Waals surface area contributed by atoms with Gasteiger partial charge in [0.05, 0.1) is 12.2 Å². The Morgan fingerprint density at radius 3 is 2.79 bits per heavy atom. The second kappa shape index (κ2) is 6.98. The van der Waals surface area contributed by atoms with Gasteiger partial charge in [0.2, 0.25) is 5.91 Å². The topological polar surface area (TPSA) is 91.4 Å². The van der Waals surface area contributed by atoms with Crippen LogP contribution in [0.25, 0.3) is 0 Å². The predicted octanol–water partition coefficient (Wildman–Crippen LogP) is 1.34. The number of pyridine rings is 1. The van der Waals surface area contributed by atoms with Gasteiger partial charge >= 0.3 is 6.03 Å². The summed E-state index contributed by atoms with van der Waals surface area (Å²) in [4.78, 5) is 41.7. The van der Waals surface area contributed by atoms with E-state index in [1.807, 2.05) is 18.2 Å². The van der Waals surface area contributed by atoms with Crippen LogP contribution in [0.5, 0.6) is 0 Å². The number of urea groups is 1. The molecule has 2 fully saturated rings. The first-order valence-electron chi connectivity index (χ1n) is 8.41. The summed E-state index contributed by atoms with van der Waals surface area (Å²) >= 11 is 0. The zero-order valence-corrected chi connectivity index (χ0v) is 13.6. The molecule has 0 aromatic carbocycles. The highest BCUT2D eigenvalue weighted by Gasteiger charge is 2.51. The molecule has 1 saturated carbocycles. The number of nitrogens with zero attached hydrogens (tertiary/aromatic N) is 2. The number of carbonyl (C=O) groups excluding carboxylic acids is 3. The molecule has 2 N–H and O–H groups in total. The molecule has 0 bridgehead atoms. The van der Waals surface area contributed by atoms with E-state index in [0.717, 1.165) is 31.4 Å². The smallest absolute Gasteiger partial charge is 0.325 e. The van der Waals surface area contributed by atoms with E-state index >= 15 is 0 Å². The van der Waals surface area contributed by atoms with Crippen LogP contribution in [0, 0.1) is 0 Å². The molecule has 2 heterocycles. The van der Waals surface area contributed by atoms with E-state index in [9.17, 15) is 14.4 Å². The van der Waals surface area contributed by atoms with Crippen molar-refractivity contribution in [3.05, 3.63) is 30.1 Å². The molecule has 1 aromatic rings. The minimum Gasteiger partial charge on any atom is -0.350 e.